The number of amides is 2. The standard InChI is InChI=1S/C13H22N2O4/c1-8-5-15(7-11(8)12(17)18)13(19)14(2)6-9-3-10(16)4-9/h8-11,16H,3-7H2,1-2H3,(H,17,18). The summed E-state index contributed by atoms with van der Waals surface area (Å²) >= 11 is 0. The van der Waals surface area contributed by atoms with Crippen molar-refractivity contribution in [1.82, 2.24) is 9.80 Å². The van der Waals surface area contributed by atoms with Crippen LogP contribution in [0.2, 0.25) is 0 Å². The summed E-state index contributed by atoms with van der Waals surface area (Å²) in [4.78, 5) is 26.5. The number of rotatable bonds is 3. The van der Waals surface area contributed by atoms with Gasteiger partial charge in [-0.2, -0.15) is 0 Å². The number of hydrogen-bond acceptors (Lipinski definition) is 3. The molecular formula is C13H22N2O4. The quantitative estimate of drug-likeness (QED) is 0.780. The van der Waals surface area contributed by atoms with Gasteiger partial charge in [-0.25, -0.2) is 4.79 Å². The second kappa shape index (κ2) is 5.36. The lowest BCUT2D eigenvalue weighted by molar-refractivity contribution is -0.142. The van der Waals surface area contributed by atoms with Crippen molar-refractivity contribution in [1.29, 1.82) is 0 Å². The molecule has 1 aliphatic heterocycles. The Hall–Kier alpha value is -1.30. The molecule has 0 aromatic carbocycles. The average molecular weight is 270 g/mol. The summed E-state index contributed by atoms with van der Waals surface area (Å²) < 4.78 is 0. The minimum Gasteiger partial charge on any atom is -0.481 e. The lowest BCUT2D eigenvalue weighted by atomic mass is 9.82. The highest BCUT2D eigenvalue weighted by Gasteiger charge is 2.38. The molecule has 2 amide bonds. The molecule has 6 nitrogen and oxygen atoms in total. The van der Waals surface area contributed by atoms with Crippen molar-refractivity contribution in [3.63, 3.8) is 0 Å². The Morgan fingerprint density at radius 2 is 1.95 bits per heavy atom. The zero-order valence-corrected chi connectivity index (χ0v) is 11.5. The molecule has 1 saturated carbocycles. The number of carboxylic acids is 1. The highest BCUT2D eigenvalue weighted by molar-refractivity contribution is 5.77. The lowest BCUT2D eigenvalue weighted by Gasteiger charge is -2.35. The van der Waals surface area contributed by atoms with Crippen LogP contribution in [0.25, 0.3) is 0 Å². The van der Waals surface area contributed by atoms with E-state index in [1.807, 2.05) is 6.92 Å². The summed E-state index contributed by atoms with van der Waals surface area (Å²) in [7, 11) is 1.74. The first kappa shape index (κ1) is 14.1. The summed E-state index contributed by atoms with van der Waals surface area (Å²) in [5.74, 6) is -0.907. The lowest BCUT2D eigenvalue weighted by Crippen LogP contribution is -2.45. The minimum absolute atomic E-state index is 0.000347. The van der Waals surface area contributed by atoms with Gasteiger partial charge in [0, 0.05) is 26.7 Å². The summed E-state index contributed by atoms with van der Waals surface area (Å²) in [5, 5.41) is 18.3. The van der Waals surface area contributed by atoms with Gasteiger partial charge in [0.15, 0.2) is 0 Å². The van der Waals surface area contributed by atoms with E-state index >= 15 is 0 Å². The summed E-state index contributed by atoms with van der Waals surface area (Å²) in [6.45, 7) is 3.31. The van der Waals surface area contributed by atoms with E-state index in [4.69, 9.17) is 5.11 Å². The highest BCUT2D eigenvalue weighted by Crippen LogP contribution is 2.29. The van der Waals surface area contributed by atoms with Gasteiger partial charge in [-0.05, 0) is 24.7 Å². The molecule has 0 radical (unpaired) electrons. The van der Waals surface area contributed by atoms with Crippen LogP contribution in [-0.4, -0.2) is 64.8 Å². The van der Waals surface area contributed by atoms with Crippen LogP contribution in [0, 0.1) is 17.8 Å². The molecule has 0 aromatic heterocycles. The Kier molecular flexibility index (Phi) is 3.99. The van der Waals surface area contributed by atoms with E-state index in [0.717, 1.165) is 12.8 Å². The Morgan fingerprint density at radius 3 is 2.42 bits per heavy atom. The number of carbonyl (C=O) groups is 2. The Morgan fingerprint density at radius 1 is 1.32 bits per heavy atom. The van der Waals surface area contributed by atoms with E-state index in [2.05, 4.69) is 0 Å². The highest BCUT2D eigenvalue weighted by atomic mass is 16.4. The largest absolute Gasteiger partial charge is 0.481 e. The molecule has 2 aliphatic rings. The van der Waals surface area contributed by atoms with E-state index in [1.54, 1.807) is 16.8 Å². The molecule has 6 heteroatoms. The van der Waals surface area contributed by atoms with Gasteiger partial charge < -0.3 is 20.0 Å². The molecule has 1 heterocycles. The summed E-state index contributed by atoms with van der Waals surface area (Å²) in [6.07, 6.45) is 1.30. The first-order valence-corrected chi connectivity index (χ1v) is 6.79. The predicted molar refractivity (Wildman–Crippen MR) is 68.6 cm³/mol. The summed E-state index contributed by atoms with van der Waals surface area (Å²) in [6, 6.07) is -0.100. The maximum absolute atomic E-state index is 12.2. The average Bonchev–Trinajstić information content (AvgIpc) is 2.68. The van der Waals surface area contributed by atoms with Crippen molar-refractivity contribution in [2.24, 2.45) is 17.8 Å². The predicted octanol–water partition coefficient (Wildman–Crippen LogP) is 0.462. The fraction of sp³-hybridized carbons (Fsp3) is 0.846. The monoisotopic (exact) mass is 270 g/mol. The van der Waals surface area contributed by atoms with Crippen molar-refractivity contribution in [2.45, 2.75) is 25.9 Å². The molecule has 2 atom stereocenters. The first-order chi connectivity index (χ1) is 8.88. The van der Waals surface area contributed by atoms with E-state index in [0.29, 0.717) is 25.6 Å². The van der Waals surface area contributed by atoms with Gasteiger partial charge in [0.05, 0.1) is 12.0 Å². The van der Waals surface area contributed by atoms with Crippen LogP contribution in [0.5, 0.6) is 0 Å². The number of likely N-dealkylation sites (tertiary alicyclic amines) is 1. The number of carboxylic acid groups (broad SMARTS) is 1. The van der Waals surface area contributed by atoms with Crippen LogP contribution >= 0.6 is 0 Å². The topological polar surface area (TPSA) is 81.1 Å². The van der Waals surface area contributed by atoms with Crippen LogP contribution in [0.1, 0.15) is 19.8 Å². The Balaban J connectivity index is 1.84. The van der Waals surface area contributed by atoms with Crippen LogP contribution in [0.3, 0.4) is 0 Å². The van der Waals surface area contributed by atoms with Gasteiger partial charge >= 0.3 is 12.0 Å². The van der Waals surface area contributed by atoms with Crippen molar-refractivity contribution < 1.29 is 19.8 Å². The molecule has 2 rings (SSSR count). The zero-order valence-electron chi connectivity index (χ0n) is 11.5. The fourth-order valence-electron chi connectivity index (χ4n) is 3.00. The van der Waals surface area contributed by atoms with Gasteiger partial charge in [0.2, 0.25) is 0 Å². The maximum atomic E-state index is 12.2. The number of carbonyl (C=O) groups excluding carboxylic acids is 1. The second-order valence-electron chi connectivity index (χ2n) is 5.98. The molecule has 19 heavy (non-hydrogen) atoms. The molecule has 0 aromatic rings. The summed E-state index contributed by atoms with van der Waals surface area (Å²) in [5.41, 5.74) is 0. The van der Waals surface area contributed by atoms with Crippen LogP contribution < -0.4 is 0 Å². The molecule has 0 bridgehead atoms. The molecular weight excluding hydrogens is 248 g/mol. The second-order valence-corrected chi connectivity index (χ2v) is 5.98. The molecule has 2 N–H and O–H groups in total. The van der Waals surface area contributed by atoms with Crippen LogP contribution in [-0.2, 0) is 4.79 Å². The fourth-order valence-corrected chi connectivity index (χ4v) is 3.00. The van der Waals surface area contributed by atoms with Gasteiger partial charge in [-0.15, -0.1) is 0 Å². The molecule has 2 fully saturated rings. The van der Waals surface area contributed by atoms with E-state index in [-0.39, 0.29) is 18.1 Å². The number of nitrogens with zero attached hydrogens (tertiary/aromatic N) is 2. The normalized spacial score (nSPS) is 33.9. The van der Waals surface area contributed by atoms with Gasteiger partial charge in [0.25, 0.3) is 0 Å². The molecule has 1 aliphatic carbocycles. The van der Waals surface area contributed by atoms with Crippen molar-refractivity contribution in [2.75, 3.05) is 26.7 Å². The Bertz CT molecular complexity index is 368. The van der Waals surface area contributed by atoms with E-state index in [1.165, 1.54) is 0 Å². The molecule has 1 saturated heterocycles. The molecule has 108 valence electrons. The van der Waals surface area contributed by atoms with E-state index in [9.17, 15) is 14.7 Å². The SMILES string of the molecule is CC1CN(C(=O)N(C)CC2CC(O)C2)CC1C(=O)O. The van der Waals surface area contributed by atoms with Crippen molar-refractivity contribution in [3.05, 3.63) is 0 Å². The van der Waals surface area contributed by atoms with Crippen LogP contribution in [0.15, 0.2) is 0 Å². The Labute approximate surface area is 113 Å². The minimum atomic E-state index is -0.826. The third-order valence-electron chi connectivity index (χ3n) is 4.27. The third kappa shape index (κ3) is 3.00. The molecule has 0 spiro atoms. The van der Waals surface area contributed by atoms with Crippen molar-refractivity contribution in [3.8, 4) is 0 Å². The number of aliphatic hydroxyl groups excluding tert-OH is 1. The van der Waals surface area contributed by atoms with E-state index < -0.39 is 11.9 Å². The number of urea groups is 1. The number of aliphatic carboxylic acids is 1. The van der Waals surface area contributed by atoms with Gasteiger partial charge in [0.1, 0.15) is 0 Å². The maximum Gasteiger partial charge on any atom is 0.319 e. The number of aliphatic hydroxyl groups is 1. The number of hydrogen-bond donors (Lipinski definition) is 2. The smallest absolute Gasteiger partial charge is 0.319 e. The first-order valence-electron chi connectivity index (χ1n) is 6.79. The van der Waals surface area contributed by atoms with Crippen molar-refractivity contribution >= 4 is 12.0 Å². The van der Waals surface area contributed by atoms with Gasteiger partial charge in [-0.1, -0.05) is 6.92 Å². The third-order valence-corrected chi connectivity index (χ3v) is 4.27. The zero-order chi connectivity index (χ0) is 14.2. The van der Waals surface area contributed by atoms with Crippen LogP contribution in [0.4, 0.5) is 4.79 Å². The van der Waals surface area contributed by atoms with Gasteiger partial charge in [-0.3, -0.25) is 4.79 Å². The molecule has 2 unspecified atom stereocenters.